The van der Waals surface area contributed by atoms with Gasteiger partial charge in [-0.2, -0.15) is 0 Å². The molecule has 0 aliphatic carbocycles. The lowest BCUT2D eigenvalue weighted by Gasteiger charge is -2.17. The lowest BCUT2D eigenvalue weighted by atomic mass is 9.94. The molecule has 0 amide bonds. The standard InChI is InChI=1S/C23H19NO/c24-23(17-9-3-1-4-10-17)22-16-20(25-19-12-5-2-6-13-19)15-18-11-7-8-14-21(18)22/h1-16,23H,24H2. The SMILES string of the molecule is NC(c1ccccc1)c1cc(Oc2ccccc2)cc2ccccc12. The summed E-state index contributed by atoms with van der Waals surface area (Å²) in [4.78, 5) is 0. The summed E-state index contributed by atoms with van der Waals surface area (Å²) < 4.78 is 6.06. The molecule has 0 heterocycles. The number of ether oxygens (including phenoxy) is 1. The molecule has 0 saturated carbocycles. The number of fused-ring (bicyclic) bond motifs is 1. The van der Waals surface area contributed by atoms with Gasteiger partial charge in [-0.15, -0.1) is 0 Å². The molecule has 1 unspecified atom stereocenters. The first-order valence-corrected chi connectivity index (χ1v) is 8.37. The fraction of sp³-hybridized carbons (Fsp3) is 0.0435. The lowest BCUT2D eigenvalue weighted by Crippen LogP contribution is -2.12. The van der Waals surface area contributed by atoms with Gasteiger partial charge in [-0.3, -0.25) is 0 Å². The van der Waals surface area contributed by atoms with Crippen LogP contribution in [0.25, 0.3) is 10.8 Å². The van der Waals surface area contributed by atoms with Crippen molar-refractivity contribution in [1.29, 1.82) is 0 Å². The monoisotopic (exact) mass is 325 g/mol. The van der Waals surface area contributed by atoms with Gasteiger partial charge in [0.2, 0.25) is 0 Å². The summed E-state index contributed by atoms with van der Waals surface area (Å²) in [5.41, 5.74) is 8.74. The van der Waals surface area contributed by atoms with E-state index < -0.39 is 0 Å². The number of rotatable bonds is 4. The van der Waals surface area contributed by atoms with E-state index in [2.05, 4.69) is 30.3 Å². The van der Waals surface area contributed by atoms with Crippen molar-refractivity contribution < 1.29 is 4.74 Å². The highest BCUT2D eigenvalue weighted by molar-refractivity contribution is 5.88. The van der Waals surface area contributed by atoms with Gasteiger partial charge in [0.05, 0.1) is 6.04 Å². The van der Waals surface area contributed by atoms with Crippen LogP contribution in [0.1, 0.15) is 17.2 Å². The van der Waals surface area contributed by atoms with E-state index in [9.17, 15) is 0 Å². The van der Waals surface area contributed by atoms with Crippen molar-refractivity contribution >= 4 is 10.8 Å². The van der Waals surface area contributed by atoms with Gasteiger partial charge < -0.3 is 10.5 Å². The normalized spacial score (nSPS) is 12.0. The average Bonchev–Trinajstić information content (AvgIpc) is 2.68. The highest BCUT2D eigenvalue weighted by Gasteiger charge is 2.14. The quantitative estimate of drug-likeness (QED) is 0.524. The van der Waals surface area contributed by atoms with E-state index in [-0.39, 0.29) is 6.04 Å². The zero-order valence-electron chi connectivity index (χ0n) is 13.8. The van der Waals surface area contributed by atoms with Crippen LogP contribution in [-0.2, 0) is 0 Å². The van der Waals surface area contributed by atoms with Crippen LogP contribution in [0.4, 0.5) is 0 Å². The molecule has 0 aliphatic heterocycles. The highest BCUT2D eigenvalue weighted by atomic mass is 16.5. The predicted molar refractivity (Wildman–Crippen MR) is 103 cm³/mol. The minimum atomic E-state index is -0.203. The Bertz CT molecular complexity index is 981. The molecule has 2 N–H and O–H groups in total. The Morgan fingerprint density at radius 3 is 2.04 bits per heavy atom. The fourth-order valence-electron chi connectivity index (χ4n) is 3.09. The third kappa shape index (κ3) is 3.25. The van der Waals surface area contributed by atoms with Gasteiger partial charge in [0.15, 0.2) is 0 Å². The molecular weight excluding hydrogens is 306 g/mol. The van der Waals surface area contributed by atoms with Crippen LogP contribution in [0, 0.1) is 0 Å². The van der Waals surface area contributed by atoms with E-state index in [0.29, 0.717) is 0 Å². The Morgan fingerprint density at radius 1 is 0.640 bits per heavy atom. The Kier molecular flexibility index (Phi) is 4.19. The maximum Gasteiger partial charge on any atom is 0.128 e. The van der Waals surface area contributed by atoms with Crippen LogP contribution in [0.15, 0.2) is 97.1 Å². The molecule has 0 spiro atoms. The summed E-state index contributed by atoms with van der Waals surface area (Å²) in [6.07, 6.45) is 0. The second kappa shape index (κ2) is 6.80. The van der Waals surface area contributed by atoms with Crippen molar-refractivity contribution in [2.24, 2.45) is 5.73 Å². The second-order valence-electron chi connectivity index (χ2n) is 6.04. The van der Waals surface area contributed by atoms with E-state index in [1.54, 1.807) is 0 Å². The smallest absolute Gasteiger partial charge is 0.128 e. The number of hydrogen-bond donors (Lipinski definition) is 1. The van der Waals surface area contributed by atoms with Crippen molar-refractivity contribution in [2.45, 2.75) is 6.04 Å². The van der Waals surface area contributed by atoms with Crippen LogP contribution in [0.2, 0.25) is 0 Å². The summed E-state index contributed by atoms with van der Waals surface area (Å²) in [5, 5.41) is 2.27. The minimum Gasteiger partial charge on any atom is -0.457 e. The Hall–Kier alpha value is -3.10. The zero-order valence-corrected chi connectivity index (χ0v) is 13.8. The van der Waals surface area contributed by atoms with Crippen LogP contribution in [-0.4, -0.2) is 0 Å². The molecular formula is C23H19NO. The summed E-state index contributed by atoms with van der Waals surface area (Å²) in [7, 11) is 0. The first-order valence-electron chi connectivity index (χ1n) is 8.37. The number of hydrogen-bond acceptors (Lipinski definition) is 2. The molecule has 0 radical (unpaired) electrons. The van der Waals surface area contributed by atoms with E-state index >= 15 is 0 Å². The van der Waals surface area contributed by atoms with Crippen LogP contribution in [0.3, 0.4) is 0 Å². The van der Waals surface area contributed by atoms with Gasteiger partial charge in [0, 0.05) is 0 Å². The van der Waals surface area contributed by atoms with E-state index in [1.807, 2.05) is 66.7 Å². The molecule has 25 heavy (non-hydrogen) atoms. The van der Waals surface area contributed by atoms with Crippen LogP contribution in [0.5, 0.6) is 11.5 Å². The van der Waals surface area contributed by atoms with Gasteiger partial charge in [0.25, 0.3) is 0 Å². The number of para-hydroxylation sites is 1. The predicted octanol–water partition coefficient (Wildman–Crippen LogP) is 5.68. The fourth-order valence-corrected chi connectivity index (χ4v) is 3.09. The molecule has 1 atom stereocenters. The molecule has 2 heteroatoms. The Labute approximate surface area is 147 Å². The molecule has 0 aromatic heterocycles. The topological polar surface area (TPSA) is 35.2 Å². The highest BCUT2D eigenvalue weighted by Crippen LogP contribution is 2.33. The maximum absolute atomic E-state index is 6.59. The Morgan fingerprint density at radius 2 is 1.28 bits per heavy atom. The van der Waals surface area contributed by atoms with Crippen molar-refractivity contribution in [3.8, 4) is 11.5 Å². The van der Waals surface area contributed by atoms with Crippen molar-refractivity contribution in [3.63, 3.8) is 0 Å². The van der Waals surface area contributed by atoms with E-state index in [1.165, 1.54) is 0 Å². The zero-order chi connectivity index (χ0) is 17.1. The number of nitrogens with two attached hydrogens (primary N) is 1. The lowest BCUT2D eigenvalue weighted by molar-refractivity contribution is 0.482. The molecule has 4 aromatic carbocycles. The van der Waals surface area contributed by atoms with Crippen molar-refractivity contribution in [1.82, 2.24) is 0 Å². The number of benzene rings is 4. The van der Waals surface area contributed by atoms with Gasteiger partial charge in [0.1, 0.15) is 11.5 Å². The summed E-state index contributed by atoms with van der Waals surface area (Å²) in [6, 6.07) is 32.1. The van der Waals surface area contributed by atoms with Gasteiger partial charge in [-0.1, -0.05) is 72.8 Å². The summed E-state index contributed by atoms with van der Waals surface area (Å²) in [5.74, 6) is 1.61. The van der Waals surface area contributed by atoms with Crippen molar-refractivity contribution in [2.75, 3.05) is 0 Å². The van der Waals surface area contributed by atoms with Gasteiger partial charge in [-0.05, 0) is 46.2 Å². The third-order valence-electron chi connectivity index (χ3n) is 4.34. The van der Waals surface area contributed by atoms with E-state index in [0.717, 1.165) is 33.4 Å². The molecule has 122 valence electrons. The largest absolute Gasteiger partial charge is 0.457 e. The van der Waals surface area contributed by atoms with Gasteiger partial charge >= 0.3 is 0 Å². The molecule has 4 aromatic rings. The third-order valence-corrected chi connectivity index (χ3v) is 4.34. The van der Waals surface area contributed by atoms with Crippen LogP contribution >= 0.6 is 0 Å². The minimum absolute atomic E-state index is 0.203. The molecule has 0 aliphatic rings. The first-order chi connectivity index (χ1) is 12.3. The molecule has 0 bridgehead atoms. The van der Waals surface area contributed by atoms with E-state index in [4.69, 9.17) is 10.5 Å². The summed E-state index contributed by atoms with van der Waals surface area (Å²) in [6.45, 7) is 0. The average molecular weight is 325 g/mol. The summed E-state index contributed by atoms with van der Waals surface area (Å²) >= 11 is 0. The van der Waals surface area contributed by atoms with Gasteiger partial charge in [-0.25, -0.2) is 0 Å². The second-order valence-corrected chi connectivity index (χ2v) is 6.04. The molecule has 4 rings (SSSR count). The maximum atomic E-state index is 6.59. The molecule has 0 fully saturated rings. The van der Waals surface area contributed by atoms with Crippen LogP contribution < -0.4 is 10.5 Å². The Balaban J connectivity index is 1.81. The molecule has 2 nitrogen and oxygen atoms in total. The first kappa shape index (κ1) is 15.4. The van der Waals surface area contributed by atoms with Crippen molar-refractivity contribution in [3.05, 3.63) is 108 Å². The molecule has 0 saturated heterocycles.